The predicted molar refractivity (Wildman–Crippen MR) is 73.1 cm³/mol. The molecule has 0 aromatic carbocycles. The Hall–Kier alpha value is 1.79. The van der Waals surface area contributed by atoms with E-state index < -0.39 is 0 Å². The van der Waals surface area contributed by atoms with Crippen molar-refractivity contribution in [3.63, 3.8) is 0 Å². The van der Waals surface area contributed by atoms with Crippen LogP contribution in [0.25, 0.3) is 0 Å². The molecule has 2 nitrogen and oxygen atoms in total. The van der Waals surface area contributed by atoms with Gasteiger partial charge in [0.15, 0.2) is 0 Å². The topological polar surface area (TPSA) is 6.48 Å². The van der Waals surface area contributed by atoms with Crippen LogP contribution in [0.1, 0.15) is 0 Å². The third-order valence-electron chi connectivity index (χ3n) is 0.730. The van der Waals surface area contributed by atoms with Gasteiger partial charge in [-0.3, -0.25) is 0 Å². The number of nitrogens with zero attached hydrogens (tertiary/aromatic N) is 2. The van der Waals surface area contributed by atoms with Crippen LogP contribution in [0.4, 0.5) is 0 Å². The summed E-state index contributed by atoms with van der Waals surface area (Å²) in [6, 6.07) is 0. The molecule has 0 bridgehead atoms. The van der Waals surface area contributed by atoms with Gasteiger partial charge in [-0.25, -0.2) is 0 Å². The minimum Gasteiger partial charge on any atom is -0.411 e. The first-order chi connectivity index (χ1) is 5.29. The van der Waals surface area contributed by atoms with E-state index in [1.165, 1.54) is 0 Å². The van der Waals surface area contributed by atoms with Gasteiger partial charge in [0.05, 0.1) is 0 Å². The molecule has 0 aliphatic heterocycles. The summed E-state index contributed by atoms with van der Waals surface area (Å²) in [5.41, 5.74) is 0. The van der Waals surface area contributed by atoms with Gasteiger partial charge in [-0.15, -0.1) is 0 Å². The Kier molecular flexibility index (Phi) is 18.5. The van der Waals surface area contributed by atoms with E-state index in [0.717, 1.165) is 0 Å². The largest absolute Gasteiger partial charge is 2.00 e. The van der Waals surface area contributed by atoms with Gasteiger partial charge in [0.2, 0.25) is 0 Å². The van der Waals surface area contributed by atoms with Crippen molar-refractivity contribution < 1.29 is 0 Å². The summed E-state index contributed by atoms with van der Waals surface area (Å²) in [7, 11) is 7.31. The zero-order valence-corrected chi connectivity index (χ0v) is 15.9. The zero-order chi connectivity index (χ0) is 10.3. The summed E-state index contributed by atoms with van der Waals surface area (Å²) < 4.78 is 1.02. The Bertz CT molecular complexity index is 143. The van der Waals surface area contributed by atoms with Gasteiger partial charge in [0.1, 0.15) is 0 Å². The maximum Gasteiger partial charge on any atom is 2.00 e. The number of hydrogen-bond donors (Lipinski definition) is 0. The van der Waals surface area contributed by atoms with Gasteiger partial charge >= 0.3 is 48.9 Å². The standard InChI is InChI=1S/2C3H7NS2.Ba/c2*1-4(2)3(5)6;/h2*1-2H3,(H,5,6);/q;;+2/p-2. The second-order valence-corrected chi connectivity index (χ2v) is 4.38. The molecule has 0 rings (SSSR count). The Morgan fingerprint density at radius 1 is 0.846 bits per heavy atom. The predicted octanol–water partition coefficient (Wildman–Crippen LogP) is 0.379. The third-order valence-corrected chi connectivity index (χ3v) is 2.19. The summed E-state index contributed by atoms with van der Waals surface area (Å²) in [5, 5.41) is 0. The zero-order valence-electron chi connectivity index (χ0n) is 8.23. The van der Waals surface area contributed by atoms with E-state index in [0.29, 0.717) is 8.64 Å². The minimum absolute atomic E-state index is 0. The van der Waals surface area contributed by atoms with E-state index in [-0.39, 0.29) is 48.9 Å². The summed E-state index contributed by atoms with van der Waals surface area (Å²) in [5.74, 6) is 0. The molecule has 0 fully saturated rings. The summed E-state index contributed by atoms with van der Waals surface area (Å²) in [4.78, 5) is 3.43. The van der Waals surface area contributed by atoms with Crippen LogP contribution < -0.4 is 0 Å². The van der Waals surface area contributed by atoms with Crippen molar-refractivity contribution in [1.82, 2.24) is 9.80 Å². The average molecular weight is 378 g/mol. The molecular weight excluding hydrogens is 366 g/mol. The van der Waals surface area contributed by atoms with Gasteiger partial charge in [-0.2, -0.15) is 0 Å². The average Bonchev–Trinajstić information content (AvgIpc) is 1.88. The van der Waals surface area contributed by atoms with Crippen LogP contribution >= 0.6 is 24.4 Å². The number of rotatable bonds is 0. The van der Waals surface area contributed by atoms with Crippen molar-refractivity contribution in [3.8, 4) is 0 Å². The molecule has 0 aromatic heterocycles. The van der Waals surface area contributed by atoms with Crippen molar-refractivity contribution in [2.75, 3.05) is 28.2 Å². The molecule has 0 heterocycles. The molecule has 0 atom stereocenters. The normalized spacial score (nSPS) is 7.08. The summed E-state index contributed by atoms with van der Waals surface area (Å²) >= 11 is 18.2. The Morgan fingerprint density at radius 3 is 0.923 bits per heavy atom. The van der Waals surface area contributed by atoms with Gasteiger partial charge in [-0.05, 0) is 0 Å². The third kappa shape index (κ3) is 20.0. The quantitative estimate of drug-likeness (QED) is 0.340. The summed E-state index contributed by atoms with van der Waals surface area (Å²) in [6.07, 6.45) is 0. The fraction of sp³-hybridized carbons (Fsp3) is 0.667. The van der Waals surface area contributed by atoms with Crippen molar-refractivity contribution >= 4 is 107 Å². The SMILES string of the molecule is CN(C)C(=S)[S-].CN(C)C(=S)[S-].[Ba+2]. The van der Waals surface area contributed by atoms with Crippen LogP contribution in [0.5, 0.6) is 0 Å². The Balaban J connectivity index is -0.000000143. The second-order valence-electron chi connectivity index (χ2n) is 2.32. The Labute approximate surface area is 143 Å². The second kappa shape index (κ2) is 11.9. The van der Waals surface area contributed by atoms with Crippen LogP contribution in [-0.4, -0.2) is 95.5 Å². The van der Waals surface area contributed by atoms with Crippen LogP contribution in [0.2, 0.25) is 0 Å². The van der Waals surface area contributed by atoms with Crippen molar-refractivity contribution in [2.24, 2.45) is 0 Å². The van der Waals surface area contributed by atoms with E-state index in [9.17, 15) is 0 Å². The maximum atomic E-state index is 4.56. The van der Waals surface area contributed by atoms with Crippen molar-refractivity contribution in [1.29, 1.82) is 0 Å². The molecule has 0 radical (unpaired) electrons. The monoisotopic (exact) mass is 378 g/mol. The molecular formula is C6H12BaN2S4. The van der Waals surface area contributed by atoms with E-state index in [1.807, 2.05) is 28.2 Å². The van der Waals surface area contributed by atoms with Crippen molar-refractivity contribution in [2.45, 2.75) is 0 Å². The molecule has 0 spiro atoms. The number of thiocarbonyl (C=S) groups is 2. The molecule has 0 N–H and O–H groups in total. The molecule has 0 aromatic rings. The first-order valence-electron chi connectivity index (χ1n) is 3.05. The van der Waals surface area contributed by atoms with Gasteiger partial charge < -0.3 is 59.5 Å². The molecule has 0 aliphatic rings. The van der Waals surface area contributed by atoms with Gasteiger partial charge in [0, 0.05) is 28.2 Å². The Morgan fingerprint density at radius 2 is 0.923 bits per heavy atom. The molecule has 7 heteroatoms. The van der Waals surface area contributed by atoms with E-state index in [4.69, 9.17) is 0 Å². The summed E-state index contributed by atoms with van der Waals surface area (Å²) in [6.45, 7) is 0. The van der Waals surface area contributed by atoms with Gasteiger partial charge in [-0.1, -0.05) is 8.64 Å². The first kappa shape index (κ1) is 20.2. The molecule has 72 valence electrons. The van der Waals surface area contributed by atoms with Crippen LogP contribution in [-0.2, 0) is 25.3 Å². The molecule has 0 unspecified atom stereocenters. The fourth-order valence-electron chi connectivity index (χ4n) is 0. The van der Waals surface area contributed by atoms with Gasteiger partial charge in [0.25, 0.3) is 0 Å². The molecule has 13 heavy (non-hydrogen) atoms. The molecule has 0 aliphatic carbocycles. The van der Waals surface area contributed by atoms with E-state index >= 15 is 0 Å². The number of hydrogen-bond acceptors (Lipinski definition) is 4. The molecule has 0 saturated heterocycles. The van der Waals surface area contributed by atoms with Crippen LogP contribution in [0.3, 0.4) is 0 Å². The minimum atomic E-state index is 0. The van der Waals surface area contributed by atoms with Crippen molar-refractivity contribution in [3.05, 3.63) is 0 Å². The van der Waals surface area contributed by atoms with E-state index in [2.05, 4.69) is 49.7 Å². The van der Waals surface area contributed by atoms with Crippen LogP contribution in [0, 0.1) is 0 Å². The molecule has 0 amide bonds. The van der Waals surface area contributed by atoms with E-state index in [1.54, 1.807) is 9.80 Å². The molecule has 0 saturated carbocycles. The first-order valence-corrected chi connectivity index (χ1v) is 4.69. The fourth-order valence-corrected chi connectivity index (χ4v) is 0. The smallest absolute Gasteiger partial charge is 0.411 e. The van der Waals surface area contributed by atoms with Crippen LogP contribution in [0.15, 0.2) is 0 Å². The maximum absolute atomic E-state index is 4.56.